The average Bonchev–Trinajstić information content (AvgIpc) is 2.75. The molecule has 8 heteroatoms. The van der Waals surface area contributed by atoms with Crippen LogP contribution in [0.4, 0.5) is 0 Å². The van der Waals surface area contributed by atoms with Gasteiger partial charge in [-0.25, -0.2) is 10.2 Å². The van der Waals surface area contributed by atoms with Crippen LogP contribution in [0.3, 0.4) is 0 Å². The van der Waals surface area contributed by atoms with Gasteiger partial charge in [0.15, 0.2) is 6.61 Å². The second-order valence-electron chi connectivity index (χ2n) is 5.95. The molecule has 152 valence electrons. The van der Waals surface area contributed by atoms with E-state index in [4.69, 9.17) is 32.7 Å². The van der Waals surface area contributed by atoms with Gasteiger partial charge >= 0.3 is 5.97 Å². The van der Waals surface area contributed by atoms with Gasteiger partial charge in [0.2, 0.25) is 0 Å². The molecule has 0 aliphatic heterocycles. The van der Waals surface area contributed by atoms with Crippen molar-refractivity contribution in [3.8, 4) is 11.5 Å². The molecule has 30 heavy (non-hydrogen) atoms. The molecule has 6 nitrogen and oxygen atoms in total. The first kappa shape index (κ1) is 21.4. The predicted molar refractivity (Wildman–Crippen MR) is 116 cm³/mol. The van der Waals surface area contributed by atoms with Crippen molar-refractivity contribution in [3.63, 3.8) is 0 Å². The summed E-state index contributed by atoms with van der Waals surface area (Å²) < 4.78 is 10.8. The van der Waals surface area contributed by atoms with Crippen LogP contribution in [0.15, 0.2) is 77.9 Å². The van der Waals surface area contributed by atoms with Gasteiger partial charge in [-0.15, -0.1) is 0 Å². The molecule has 0 heterocycles. The zero-order valence-electron chi connectivity index (χ0n) is 15.5. The van der Waals surface area contributed by atoms with Gasteiger partial charge in [-0.1, -0.05) is 53.5 Å². The van der Waals surface area contributed by atoms with Gasteiger partial charge in [0, 0.05) is 10.6 Å². The number of halogens is 2. The average molecular weight is 443 g/mol. The van der Waals surface area contributed by atoms with Crippen LogP contribution in [0.2, 0.25) is 10.0 Å². The van der Waals surface area contributed by atoms with Crippen molar-refractivity contribution in [1.82, 2.24) is 5.43 Å². The molecule has 0 unspecified atom stereocenters. The summed E-state index contributed by atoms with van der Waals surface area (Å²) in [6, 6.07) is 20.1. The van der Waals surface area contributed by atoms with E-state index in [1.54, 1.807) is 60.7 Å². The fraction of sp³-hybridized carbons (Fsp3) is 0.0455. The van der Waals surface area contributed by atoms with Crippen LogP contribution >= 0.6 is 23.2 Å². The number of hydrazone groups is 1. The highest BCUT2D eigenvalue weighted by molar-refractivity contribution is 6.35. The van der Waals surface area contributed by atoms with Crippen molar-refractivity contribution < 1.29 is 19.1 Å². The molecular weight excluding hydrogens is 427 g/mol. The Kier molecular flexibility index (Phi) is 7.43. The Bertz CT molecular complexity index is 1070. The molecule has 3 aromatic carbocycles. The van der Waals surface area contributed by atoms with E-state index in [9.17, 15) is 9.59 Å². The van der Waals surface area contributed by atoms with Crippen molar-refractivity contribution >= 4 is 41.3 Å². The molecule has 0 radical (unpaired) electrons. The molecular formula is C22H16Cl2N2O4. The molecule has 3 rings (SSSR count). The second kappa shape index (κ2) is 10.4. The Labute approximate surface area is 183 Å². The maximum atomic E-state index is 12.2. The predicted octanol–water partition coefficient (Wildman–Crippen LogP) is 4.74. The molecule has 0 aromatic heterocycles. The molecule has 0 spiro atoms. The van der Waals surface area contributed by atoms with Gasteiger partial charge in [0.1, 0.15) is 11.5 Å². The van der Waals surface area contributed by atoms with Gasteiger partial charge in [-0.2, -0.15) is 5.10 Å². The van der Waals surface area contributed by atoms with E-state index >= 15 is 0 Å². The smallest absolute Gasteiger partial charge is 0.343 e. The Morgan fingerprint density at radius 2 is 1.67 bits per heavy atom. The van der Waals surface area contributed by atoms with Crippen molar-refractivity contribution in [2.45, 2.75) is 0 Å². The minimum absolute atomic E-state index is 0.288. The highest BCUT2D eigenvalue weighted by atomic mass is 35.5. The number of hydrogen-bond donors (Lipinski definition) is 1. The lowest BCUT2D eigenvalue weighted by Crippen LogP contribution is -2.24. The maximum absolute atomic E-state index is 12.2. The number of nitrogens with one attached hydrogen (secondary N) is 1. The lowest BCUT2D eigenvalue weighted by Gasteiger charge is -2.08. The number of amides is 1. The van der Waals surface area contributed by atoms with Gasteiger partial charge < -0.3 is 9.47 Å². The topological polar surface area (TPSA) is 77.0 Å². The summed E-state index contributed by atoms with van der Waals surface area (Å²) in [6.45, 7) is -0.288. The molecule has 0 atom stereocenters. The number of esters is 1. The minimum atomic E-state index is -0.492. The Hall–Kier alpha value is -3.35. The van der Waals surface area contributed by atoms with E-state index in [1.807, 2.05) is 6.07 Å². The van der Waals surface area contributed by atoms with Crippen molar-refractivity contribution in [2.24, 2.45) is 5.10 Å². The van der Waals surface area contributed by atoms with E-state index in [0.717, 1.165) is 0 Å². The van der Waals surface area contributed by atoms with Gasteiger partial charge in [0.25, 0.3) is 5.91 Å². The molecule has 0 fully saturated rings. The molecule has 0 bridgehead atoms. The molecule has 0 saturated carbocycles. The number of hydrogen-bond acceptors (Lipinski definition) is 5. The van der Waals surface area contributed by atoms with Gasteiger partial charge in [-0.05, 0) is 42.5 Å². The number of nitrogens with zero attached hydrogens (tertiary/aromatic N) is 1. The number of para-hydroxylation sites is 1. The number of rotatable bonds is 7. The van der Waals surface area contributed by atoms with Crippen LogP contribution in [0.1, 0.15) is 15.9 Å². The first-order valence-corrected chi connectivity index (χ1v) is 9.54. The van der Waals surface area contributed by atoms with Crippen molar-refractivity contribution in [3.05, 3.63) is 94.0 Å². The Morgan fingerprint density at radius 1 is 0.933 bits per heavy atom. The van der Waals surface area contributed by atoms with Crippen molar-refractivity contribution in [1.29, 1.82) is 0 Å². The minimum Gasteiger partial charge on any atom is -0.482 e. The number of benzene rings is 3. The first-order valence-electron chi connectivity index (χ1n) is 8.79. The third-order valence-corrected chi connectivity index (χ3v) is 4.31. The molecule has 0 saturated heterocycles. The SMILES string of the molecule is O=C(COc1ccc(Cl)cc1Cl)NN=Cc1ccccc1OC(=O)c1ccccc1. The Balaban J connectivity index is 1.57. The van der Waals surface area contributed by atoms with Crippen LogP contribution in [0, 0.1) is 0 Å². The zero-order chi connectivity index (χ0) is 21.3. The summed E-state index contributed by atoms with van der Waals surface area (Å²) in [7, 11) is 0. The van der Waals surface area contributed by atoms with Crippen molar-refractivity contribution in [2.75, 3.05) is 6.61 Å². The van der Waals surface area contributed by atoms with E-state index in [0.29, 0.717) is 32.7 Å². The molecule has 0 aliphatic rings. The summed E-state index contributed by atoms with van der Waals surface area (Å²) in [4.78, 5) is 24.2. The number of ether oxygens (including phenoxy) is 2. The summed E-state index contributed by atoms with van der Waals surface area (Å²) in [5.74, 6) is -0.336. The standard InChI is InChI=1S/C22H16Cl2N2O4/c23-17-10-11-20(18(24)12-17)29-14-21(27)26-25-13-16-8-4-5-9-19(16)30-22(28)15-6-2-1-3-7-15/h1-13H,14H2,(H,26,27). The van der Waals surface area contributed by atoms with Crippen LogP contribution in [0.5, 0.6) is 11.5 Å². The summed E-state index contributed by atoms with van der Waals surface area (Å²) in [5.41, 5.74) is 3.28. The second-order valence-corrected chi connectivity index (χ2v) is 6.79. The summed E-state index contributed by atoms with van der Waals surface area (Å²) >= 11 is 11.8. The maximum Gasteiger partial charge on any atom is 0.343 e. The fourth-order valence-corrected chi connectivity index (χ4v) is 2.82. The molecule has 3 aromatic rings. The molecule has 0 aliphatic carbocycles. The summed E-state index contributed by atoms with van der Waals surface area (Å²) in [6.07, 6.45) is 1.38. The fourth-order valence-electron chi connectivity index (χ4n) is 2.35. The first-order chi connectivity index (χ1) is 14.5. The zero-order valence-corrected chi connectivity index (χ0v) is 17.1. The third-order valence-electron chi connectivity index (χ3n) is 3.78. The molecule has 1 amide bonds. The van der Waals surface area contributed by atoms with Crippen LogP contribution in [-0.4, -0.2) is 24.7 Å². The third kappa shape index (κ3) is 6.07. The van der Waals surface area contributed by atoms with Gasteiger partial charge in [0.05, 0.1) is 16.8 Å². The van der Waals surface area contributed by atoms with Crippen LogP contribution in [-0.2, 0) is 4.79 Å². The van der Waals surface area contributed by atoms with E-state index < -0.39 is 11.9 Å². The Morgan fingerprint density at radius 3 is 2.43 bits per heavy atom. The largest absolute Gasteiger partial charge is 0.482 e. The summed E-state index contributed by atoms with van der Waals surface area (Å²) in [5, 5.41) is 4.65. The van der Waals surface area contributed by atoms with E-state index in [2.05, 4.69) is 10.5 Å². The quantitative estimate of drug-likeness (QED) is 0.248. The van der Waals surface area contributed by atoms with E-state index in [1.165, 1.54) is 12.3 Å². The van der Waals surface area contributed by atoms with E-state index in [-0.39, 0.29) is 6.61 Å². The number of carbonyl (C=O) groups excluding carboxylic acids is 2. The van der Waals surface area contributed by atoms with Crippen LogP contribution in [0.25, 0.3) is 0 Å². The van der Waals surface area contributed by atoms with Gasteiger partial charge in [-0.3, -0.25) is 4.79 Å². The lowest BCUT2D eigenvalue weighted by molar-refractivity contribution is -0.123. The normalized spacial score (nSPS) is 10.6. The highest BCUT2D eigenvalue weighted by Crippen LogP contribution is 2.27. The van der Waals surface area contributed by atoms with Crippen LogP contribution < -0.4 is 14.9 Å². The monoisotopic (exact) mass is 442 g/mol. The molecule has 1 N–H and O–H groups in total. The lowest BCUT2D eigenvalue weighted by atomic mass is 10.2. The number of carbonyl (C=O) groups is 2. The highest BCUT2D eigenvalue weighted by Gasteiger charge is 2.10.